The van der Waals surface area contributed by atoms with Crippen LogP contribution in [0, 0.1) is 87.9 Å². The van der Waals surface area contributed by atoms with Crippen LogP contribution in [-0.4, -0.2) is 0 Å². The molecule has 0 saturated heterocycles. The highest BCUT2D eigenvalue weighted by molar-refractivity contribution is 6.06. The van der Waals surface area contributed by atoms with E-state index in [-0.39, 0.29) is 22.7 Å². The van der Waals surface area contributed by atoms with E-state index >= 15 is 0 Å². The summed E-state index contributed by atoms with van der Waals surface area (Å²) in [5, 5.41) is 6.72. The summed E-state index contributed by atoms with van der Waals surface area (Å²) >= 11 is 0. The van der Waals surface area contributed by atoms with Gasteiger partial charge in [-0.2, -0.15) is 5.73 Å². The Labute approximate surface area is 586 Å². The predicted molar refractivity (Wildman–Crippen MR) is 414 cm³/mol. The first-order valence-electron chi connectivity index (χ1n) is 35.5. The van der Waals surface area contributed by atoms with E-state index in [4.69, 9.17) is 0 Å². The summed E-state index contributed by atoms with van der Waals surface area (Å²) in [5.41, 5.74) is 37.7. The zero-order valence-electron chi connectivity index (χ0n) is 59.6. The molecule has 0 spiro atoms. The van der Waals surface area contributed by atoms with Crippen LogP contribution in [0.5, 0.6) is 0 Å². The first kappa shape index (κ1) is 61.8. The average Bonchev–Trinajstić information content (AvgIpc) is 0.687. The van der Waals surface area contributed by atoms with Gasteiger partial charge in [-0.25, -0.2) is 0 Å². The Morgan fingerprint density at radius 2 is 0.778 bits per heavy atom. The van der Waals surface area contributed by atoms with Gasteiger partial charge in [0.05, 0.1) is 34.8 Å². The largest absolute Gasteiger partial charge is 0.183 e. The van der Waals surface area contributed by atoms with Crippen LogP contribution in [0.1, 0.15) is 190 Å². The second-order valence-corrected chi connectivity index (χ2v) is 31.3. The van der Waals surface area contributed by atoms with Gasteiger partial charge in [0.1, 0.15) is 10.8 Å². The van der Waals surface area contributed by atoms with Gasteiger partial charge in [-0.3, -0.25) is 0 Å². The van der Waals surface area contributed by atoms with Gasteiger partial charge in [-0.1, -0.05) is 291 Å². The Morgan fingerprint density at radius 1 is 0.414 bits per heavy atom. The molecule has 0 aromatic heterocycles. The third-order valence-corrected chi connectivity index (χ3v) is 22.8. The lowest BCUT2D eigenvalue weighted by Gasteiger charge is -2.48. The molecule has 8 aliphatic carbocycles. The van der Waals surface area contributed by atoms with E-state index in [9.17, 15) is 0 Å². The van der Waals surface area contributed by atoms with Gasteiger partial charge in [0.15, 0.2) is 0 Å². The molecule has 478 valence electrons. The lowest BCUT2D eigenvalue weighted by atomic mass is 9.53. The molecule has 0 saturated carbocycles. The molecule has 4 bridgehead atoms. The first-order valence-corrected chi connectivity index (χ1v) is 35.5. The van der Waals surface area contributed by atoms with Gasteiger partial charge >= 0.3 is 0 Å². The Balaban J connectivity index is 1.05. The summed E-state index contributed by atoms with van der Waals surface area (Å²) in [7, 11) is 0. The molecule has 0 aliphatic heterocycles. The van der Waals surface area contributed by atoms with Crippen LogP contribution < -0.4 is 10.4 Å². The highest BCUT2D eigenvalue weighted by atomic mass is 14.5. The number of aryl methyl sites for hydroxylation is 6. The van der Waals surface area contributed by atoms with Crippen LogP contribution in [0.3, 0.4) is 0 Å². The molecule has 11 aromatic rings. The van der Waals surface area contributed by atoms with Crippen molar-refractivity contribution in [1.82, 2.24) is 0 Å². The number of fused-ring (bicyclic) bond motifs is 2. The molecule has 0 nitrogen and oxygen atoms in total. The summed E-state index contributed by atoms with van der Waals surface area (Å²) in [6.07, 6.45) is 9.89. The lowest BCUT2D eigenvalue weighted by molar-refractivity contribution is 0.472. The molecule has 0 heterocycles. The van der Waals surface area contributed by atoms with Gasteiger partial charge in [0.25, 0.3) is 0 Å². The minimum absolute atomic E-state index is 0.0510. The van der Waals surface area contributed by atoms with Gasteiger partial charge in [-0.15, -0.1) is 12.2 Å². The van der Waals surface area contributed by atoms with Crippen molar-refractivity contribution in [3.8, 4) is 23.7 Å². The van der Waals surface area contributed by atoms with Crippen LogP contribution in [0.4, 0.5) is 0 Å². The van der Waals surface area contributed by atoms with Crippen LogP contribution in [0.2, 0.25) is 0 Å². The van der Waals surface area contributed by atoms with E-state index in [0.29, 0.717) is 0 Å². The molecule has 0 N–H and O–H groups in total. The summed E-state index contributed by atoms with van der Waals surface area (Å²) < 4.78 is 0. The second kappa shape index (κ2) is 22.4. The van der Waals surface area contributed by atoms with Crippen molar-refractivity contribution < 1.29 is 0 Å². The average molecular weight is 1270 g/mol. The normalized spacial score (nSPS) is 19.1. The van der Waals surface area contributed by atoms with Crippen LogP contribution in [0.25, 0.3) is 38.4 Å². The molecule has 19 rings (SSSR count). The molecule has 8 aliphatic rings. The molecule has 0 heteroatoms. The van der Waals surface area contributed by atoms with Gasteiger partial charge in [-0.05, 0) is 188 Å². The Hall–Kier alpha value is -10.7. The maximum Gasteiger partial charge on any atom is 0.107 e. The van der Waals surface area contributed by atoms with Crippen molar-refractivity contribution in [1.29, 1.82) is 0 Å². The smallest absolute Gasteiger partial charge is 0.107 e. The van der Waals surface area contributed by atoms with E-state index in [1.807, 2.05) is 0 Å². The van der Waals surface area contributed by atoms with E-state index in [2.05, 4.69) is 357 Å². The molecule has 0 radical (unpaired) electrons. The Kier molecular flexibility index (Phi) is 14.0. The summed E-state index contributed by atoms with van der Waals surface area (Å²) in [5.74, 6) is 19.2. The molecule has 11 aromatic carbocycles. The standard InChI is InChI=1S/C99H82/c1-58-47-60(3)90(61(4)48-58)82-55-69(97(12,13)14)56-83(91-62(5)49-59(2)50-63(91)6)81(82)57-80-78-53-66(43-45-98-84-33-21-15-27-72(84)93(73-28-16-22-34-85(73)98)74-29-17-23-35-86(74)98)39-41-70(78)95(92-64(7)51-68(52-65(92)8)96(9,10)11)71-42-40-67(54-79(71)80)44-46-99-87-36-24-18-30-75(87)94(76-31-19-25-37-88(76)99)77-32-20-26-38-89(77)99/h15-42,47-56,93-94H,1-14H3. The quantitative estimate of drug-likeness (QED) is 0.0919. The number of benzene rings is 11. The molecule has 0 amide bonds. The molecule has 0 fully saturated rings. The number of hydrogen-bond acceptors (Lipinski definition) is 0. The third kappa shape index (κ3) is 9.30. The number of allylic oxidation sites excluding steroid dienone is 9. The molecule has 99 heavy (non-hydrogen) atoms. The maximum atomic E-state index is 4.57. The first-order chi connectivity index (χ1) is 47.6. The van der Waals surface area contributed by atoms with E-state index in [1.165, 1.54) is 156 Å². The number of rotatable bonds is 2. The van der Waals surface area contributed by atoms with Crippen molar-refractivity contribution in [3.63, 3.8) is 0 Å². The van der Waals surface area contributed by atoms with E-state index in [1.54, 1.807) is 0 Å². The minimum Gasteiger partial charge on any atom is -0.183 e. The van der Waals surface area contributed by atoms with Crippen molar-refractivity contribution >= 4 is 38.4 Å². The fraction of sp³-hybridized carbons (Fsp3) is 0.202. The maximum absolute atomic E-state index is 4.57. The molecule has 0 unspecified atom stereocenters. The Bertz CT molecular complexity index is 5330. The van der Waals surface area contributed by atoms with E-state index in [0.717, 1.165) is 43.5 Å². The fourth-order valence-corrected chi connectivity index (χ4v) is 18.7. The monoisotopic (exact) mass is 1270 g/mol. The van der Waals surface area contributed by atoms with Crippen molar-refractivity contribution in [3.05, 3.63) is 398 Å². The van der Waals surface area contributed by atoms with Crippen LogP contribution >= 0.6 is 0 Å². The van der Waals surface area contributed by atoms with Gasteiger partial charge in [0.2, 0.25) is 0 Å². The molecular weight excluding hydrogens is 1190 g/mol. The van der Waals surface area contributed by atoms with Crippen LogP contribution in [0.15, 0.2) is 253 Å². The highest BCUT2D eigenvalue weighted by Gasteiger charge is 2.52. The van der Waals surface area contributed by atoms with Crippen molar-refractivity contribution in [2.75, 3.05) is 0 Å². The third-order valence-electron chi connectivity index (χ3n) is 22.8. The topological polar surface area (TPSA) is 0 Å². The van der Waals surface area contributed by atoms with Crippen LogP contribution in [-0.2, 0) is 10.8 Å². The SMILES string of the molecule is CC1=C[C+](C(C)(C)C)C=C(C)C1=c1c2ccc(C#CC34c5ccccc5C(c5ccccc53)c3ccccc34)cc2c(=C=C2C(c3c(C)cc(C)cc3C)=CC(C(C)(C)C)=C[C-]2c2c(C)cc(C)cc2C)c2cc(C#CC34c5ccccc5C(c5ccccc53)c3ccccc34)ccc12. The Morgan fingerprint density at radius 3 is 1.14 bits per heavy atom. The molecule has 0 atom stereocenters. The molecular formula is C99H82. The van der Waals surface area contributed by atoms with Crippen molar-refractivity contribution in [2.24, 2.45) is 10.8 Å². The lowest BCUT2D eigenvalue weighted by Crippen LogP contribution is -2.41. The van der Waals surface area contributed by atoms with Gasteiger partial charge in [0, 0.05) is 47.4 Å². The minimum atomic E-state index is -0.704. The summed E-state index contributed by atoms with van der Waals surface area (Å²) in [6, 6.07) is 78.2. The van der Waals surface area contributed by atoms with Crippen molar-refractivity contribution in [2.45, 2.75) is 120 Å². The van der Waals surface area contributed by atoms with E-state index < -0.39 is 10.8 Å². The zero-order chi connectivity index (χ0) is 68.3. The fourth-order valence-electron chi connectivity index (χ4n) is 18.7. The number of hydrogen-bond donors (Lipinski definition) is 0. The highest BCUT2D eigenvalue weighted by Crippen LogP contribution is 2.61. The predicted octanol–water partition coefficient (Wildman–Crippen LogP) is 21.9. The zero-order valence-corrected chi connectivity index (χ0v) is 59.6. The summed E-state index contributed by atoms with van der Waals surface area (Å²) in [6.45, 7) is 32.4. The van der Waals surface area contributed by atoms with Gasteiger partial charge < -0.3 is 0 Å². The second-order valence-electron chi connectivity index (χ2n) is 31.3. The summed E-state index contributed by atoms with van der Waals surface area (Å²) in [4.78, 5) is 0.